The van der Waals surface area contributed by atoms with E-state index in [4.69, 9.17) is 4.42 Å². The van der Waals surface area contributed by atoms with Gasteiger partial charge in [-0.15, -0.1) is 10.0 Å². The lowest BCUT2D eigenvalue weighted by molar-refractivity contribution is 0.669. The van der Waals surface area contributed by atoms with Crippen molar-refractivity contribution in [2.24, 2.45) is 0 Å². The summed E-state index contributed by atoms with van der Waals surface area (Å²) < 4.78 is 9.80. The second-order valence-electron chi connectivity index (χ2n) is 15.6. The minimum atomic E-state index is -1.96. The van der Waals surface area contributed by atoms with E-state index in [2.05, 4.69) is 197 Å². The number of furan rings is 1. The van der Waals surface area contributed by atoms with Crippen LogP contribution in [0.5, 0.6) is 0 Å². The molecule has 0 amide bonds. The molecule has 3 nitrogen and oxygen atoms in total. The lowest BCUT2D eigenvalue weighted by atomic mass is 9.45. The van der Waals surface area contributed by atoms with Crippen LogP contribution in [-0.2, 0) is 0 Å². The monoisotopic (exact) mass is 742 g/mol. The molecule has 3 aliphatic heterocycles. The molecular weight excluding hydrogens is 711 g/mol. The van der Waals surface area contributed by atoms with Crippen molar-refractivity contribution >= 4 is 99.4 Å². The van der Waals surface area contributed by atoms with Crippen molar-refractivity contribution in [2.75, 3.05) is 4.90 Å². The summed E-state index contributed by atoms with van der Waals surface area (Å²) in [6.07, 6.45) is 0. The van der Waals surface area contributed by atoms with Gasteiger partial charge >= 0.3 is 6.85 Å². The number of benzene rings is 9. The molecule has 14 rings (SSSR count). The van der Waals surface area contributed by atoms with Gasteiger partial charge < -0.3 is 13.8 Å². The molecule has 0 aliphatic carbocycles. The van der Waals surface area contributed by atoms with Gasteiger partial charge in [0.05, 0.1) is 17.1 Å². The van der Waals surface area contributed by atoms with Crippen LogP contribution in [0.25, 0.3) is 65.6 Å². The average molecular weight is 743 g/mol. The average Bonchev–Trinajstić information content (AvgIpc) is 3.81. The predicted octanol–water partition coefficient (Wildman–Crippen LogP) is 12.9. The van der Waals surface area contributed by atoms with Gasteiger partial charge in [0.15, 0.2) is 5.58 Å². The third kappa shape index (κ3) is 3.59. The number of hydrogen-bond acceptors (Lipinski definition) is 2. The normalized spacial score (nSPS) is 14.9. The van der Waals surface area contributed by atoms with E-state index in [-0.39, 0.29) is 6.85 Å². The lowest BCUT2D eigenvalue weighted by Crippen LogP contribution is -2.57. The summed E-state index contributed by atoms with van der Waals surface area (Å²) >= 11 is 0. The lowest BCUT2D eigenvalue weighted by Gasteiger charge is -2.52. The molecule has 0 radical (unpaired) electrons. The molecule has 0 bridgehead atoms. The van der Waals surface area contributed by atoms with E-state index in [1.54, 1.807) is 0 Å². The highest BCUT2D eigenvalue weighted by molar-refractivity contribution is 8.34. The Bertz CT molecular complexity index is 3510. The highest BCUT2D eigenvalue weighted by Crippen LogP contribution is 2.79. The van der Waals surface area contributed by atoms with Gasteiger partial charge in [-0.3, -0.25) is 0 Å². The van der Waals surface area contributed by atoms with Gasteiger partial charge in [-0.05, 0) is 94.0 Å². The number of aromatic nitrogens is 1. The molecule has 57 heavy (non-hydrogen) atoms. The van der Waals surface area contributed by atoms with Gasteiger partial charge in [-0.2, -0.15) is 0 Å². The van der Waals surface area contributed by atoms with Crippen LogP contribution in [0.15, 0.2) is 212 Å². The van der Waals surface area contributed by atoms with Crippen molar-refractivity contribution in [3.63, 3.8) is 0 Å². The number of rotatable bonds is 2. The van der Waals surface area contributed by atoms with Crippen molar-refractivity contribution in [3.8, 4) is 11.1 Å². The number of hydrogen-bond donors (Lipinski definition) is 0. The Balaban J connectivity index is 1.23. The van der Waals surface area contributed by atoms with E-state index in [0.29, 0.717) is 0 Å². The molecule has 0 atom stereocenters. The first-order chi connectivity index (χ1) is 28.3. The third-order valence-corrected chi connectivity index (χ3v) is 16.9. The van der Waals surface area contributed by atoms with Crippen LogP contribution in [-0.4, -0.2) is 11.3 Å². The first-order valence-electron chi connectivity index (χ1n) is 19.7. The summed E-state index contributed by atoms with van der Waals surface area (Å²) in [5, 5.41) is 7.40. The maximum atomic E-state index is 7.11. The minimum absolute atomic E-state index is 0.0937. The summed E-state index contributed by atoms with van der Waals surface area (Å²) in [7, 11) is -1.96. The molecule has 0 N–H and O–H groups in total. The molecule has 2 aromatic heterocycles. The number of para-hydroxylation sites is 4. The molecule has 264 valence electrons. The van der Waals surface area contributed by atoms with E-state index in [9.17, 15) is 0 Å². The zero-order valence-corrected chi connectivity index (χ0v) is 31.5. The van der Waals surface area contributed by atoms with Gasteiger partial charge in [0, 0.05) is 57.7 Å². The molecule has 0 saturated carbocycles. The molecule has 0 spiro atoms. The minimum Gasteiger partial charge on any atom is -0.454 e. The number of fused-ring (bicyclic) bond motifs is 14. The van der Waals surface area contributed by atoms with E-state index in [1.165, 1.54) is 85.6 Å². The Hall–Kier alpha value is -6.95. The number of nitrogens with zero attached hydrogens (tertiary/aromatic N) is 2. The fraction of sp³-hybridized carbons (Fsp3) is 0. The van der Waals surface area contributed by atoms with Crippen LogP contribution in [0.4, 0.5) is 17.1 Å². The quantitative estimate of drug-likeness (QED) is 0.165. The highest BCUT2D eigenvalue weighted by atomic mass is 32.3. The molecule has 0 unspecified atom stereocenters. The van der Waals surface area contributed by atoms with Crippen LogP contribution >= 0.6 is 10.0 Å². The summed E-state index contributed by atoms with van der Waals surface area (Å²) in [5.74, 6) is 0. The second kappa shape index (κ2) is 10.7. The summed E-state index contributed by atoms with van der Waals surface area (Å²) in [5.41, 5.74) is 13.2. The van der Waals surface area contributed by atoms with Crippen molar-refractivity contribution in [3.05, 3.63) is 188 Å². The Labute approximate surface area is 330 Å². The Kier molecular flexibility index (Phi) is 5.67. The van der Waals surface area contributed by atoms with Gasteiger partial charge in [0.25, 0.3) is 0 Å². The second-order valence-corrected chi connectivity index (χ2v) is 18.6. The van der Waals surface area contributed by atoms with E-state index in [0.717, 1.165) is 27.6 Å². The summed E-state index contributed by atoms with van der Waals surface area (Å²) in [6, 6.07) is 70.5. The van der Waals surface area contributed by atoms with Crippen LogP contribution in [0, 0.1) is 0 Å². The summed E-state index contributed by atoms with van der Waals surface area (Å²) in [6.45, 7) is -0.0937. The van der Waals surface area contributed by atoms with Crippen molar-refractivity contribution in [1.29, 1.82) is 0 Å². The van der Waals surface area contributed by atoms with E-state index in [1.807, 2.05) is 0 Å². The summed E-state index contributed by atoms with van der Waals surface area (Å²) in [4.78, 5) is 7.96. The Morgan fingerprint density at radius 3 is 1.96 bits per heavy atom. The van der Waals surface area contributed by atoms with Crippen LogP contribution in [0.2, 0.25) is 0 Å². The smallest absolute Gasteiger partial charge is 0.333 e. The van der Waals surface area contributed by atoms with Crippen LogP contribution in [0.3, 0.4) is 0 Å². The topological polar surface area (TPSA) is 21.3 Å². The standard InChI is InChI=1S/C52H31BN2OS/c1-3-17-34(18-4-1)57(35-19-5-2-6-20-35)46-27-12-10-25-43(46)54-50-42(24-14-28-47(50)57)53-48-40(31-41-36-21-9-11-26-45(36)56-52(41)51(48)54)38-23-13-22-37-39-29-32-15-7-8-16-33(32)30-44(39)55(53)49(37)38/h1-31H. The molecule has 0 fully saturated rings. The fourth-order valence-corrected chi connectivity index (χ4v) is 15.0. The fourth-order valence-electron chi connectivity index (χ4n) is 10.8. The molecule has 3 aliphatic rings. The molecule has 5 heteroatoms. The van der Waals surface area contributed by atoms with Gasteiger partial charge in [-0.25, -0.2) is 0 Å². The maximum absolute atomic E-state index is 7.11. The van der Waals surface area contributed by atoms with Gasteiger partial charge in [0.1, 0.15) is 5.58 Å². The Morgan fingerprint density at radius 2 is 1.14 bits per heavy atom. The maximum Gasteiger partial charge on any atom is 0.333 e. The molecule has 0 saturated heterocycles. The van der Waals surface area contributed by atoms with Crippen molar-refractivity contribution in [2.45, 2.75) is 19.6 Å². The molecule has 11 aromatic rings. The van der Waals surface area contributed by atoms with E-state index < -0.39 is 10.0 Å². The van der Waals surface area contributed by atoms with Gasteiger partial charge in [0.2, 0.25) is 0 Å². The first kappa shape index (κ1) is 30.3. The zero-order valence-electron chi connectivity index (χ0n) is 30.7. The third-order valence-electron chi connectivity index (χ3n) is 12.9. The molecule has 5 heterocycles. The molecule has 9 aromatic carbocycles. The number of anilines is 3. The predicted molar refractivity (Wildman–Crippen MR) is 238 cm³/mol. The largest absolute Gasteiger partial charge is 0.454 e. The first-order valence-corrected chi connectivity index (χ1v) is 21.3. The van der Waals surface area contributed by atoms with Crippen molar-refractivity contribution < 1.29 is 4.42 Å². The van der Waals surface area contributed by atoms with Crippen LogP contribution in [0.1, 0.15) is 0 Å². The molecular formula is C52H31BN2OS. The highest BCUT2D eigenvalue weighted by Gasteiger charge is 2.51. The zero-order chi connectivity index (χ0) is 37.0. The Morgan fingerprint density at radius 1 is 0.474 bits per heavy atom. The van der Waals surface area contributed by atoms with Gasteiger partial charge in [-0.1, -0.05) is 121 Å². The van der Waals surface area contributed by atoms with E-state index >= 15 is 0 Å². The van der Waals surface area contributed by atoms with Crippen LogP contribution < -0.4 is 15.8 Å². The van der Waals surface area contributed by atoms with Crippen molar-refractivity contribution in [1.82, 2.24) is 4.48 Å². The SMILES string of the molecule is c1ccc(S2(c3ccccc3)c3ccccc3N3c4c(cccc42)B2c4c(cc5c(oc6ccccc65)c43)-c3cccc4c5cc6ccccc6cc5n2c34)cc1.